The molecule has 1 fully saturated rings. The van der Waals surface area contributed by atoms with Crippen molar-refractivity contribution in [3.63, 3.8) is 0 Å². The molecular formula is C12H11BrN2S. The molecule has 82 valence electrons. The van der Waals surface area contributed by atoms with E-state index in [-0.39, 0.29) is 0 Å². The highest BCUT2D eigenvalue weighted by molar-refractivity contribution is 9.08. The quantitative estimate of drug-likeness (QED) is 0.800. The molecule has 2 aromatic rings. The van der Waals surface area contributed by atoms with E-state index < -0.39 is 0 Å². The predicted molar refractivity (Wildman–Crippen MR) is 70.0 cm³/mol. The molecule has 2 aromatic heterocycles. The van der Waals surface area contributed by atoms with Gasteiger partial charge in [-0.3, -0.25) is 4.98 Å². The minimum Gasteiger partial charge on any atom is -0.264 e. The molecule has 0 radical (unpaired) electrons. The van der Waals surface area contributed by atoms with Crippen LogP contribution in [0, 0.1) is 0 Å². The Kier molecular flexibility index (Phi) is 2.77. The first kappa shape index (κ1) is 10.4. The molecule has 0 spiro atoms. The fourth-order valence-corrected chi connectivity index (χ4v) is 3.37. The molecule has 3 rings (SSSR count). The fourth-order valence-electron chi connectivity index (χ4n) is 1.75. The molecule has 0 aliphatic heterocycles. The summed E-state index contributed by atoms with van der Waals surface area (Å²) in [7, 11) is 0. The van der Waals surface area contributed by atoms with Crippen molar-refractivity contribution in [2.24, 2.45) is 0 Å². The Bertz CT molecular complexity index is 491. The van der Waals surface area contributed by atoms with Gasteiger partial charge in [-0.15, -0.1) is 11.3 Å². The summed E-state index contributed by atoms with van der Waals surface area (Å²) in [5.74, 6) is 0.717. The van der Waals surface area contributed by atoms with Crippen LogP contribution in [0.4, 0.5) is 0 Å². The van der Waals surface area contributed by atoms with Gasteiger partial charge in [-0.1, -0.05) is 15.9 Å². The second kappa shape index (κ2) is 4.26. The molecule has 0 bridgehead atoms. The summed E-state index contributed by atoms with van der Waals surface area (Å²) in [4.78, 5) is 10.3. The van der Waals surface area contributed by atoms with Crippen molar-refractivity contribution in [2.75, 3.05) is 0 Å². The Labute approximate surface area is 107 Å². The van der Waals surface area contributed by atoms with Gasteiger partial charge in [0.25, 0.3) is 0 Å². The van der Waals surface area contributed by atoms with Crippen molar-refractivity contribution in [1.82, 2.24) is 9.97 Å². The molecule has 0 saturated heterocycles. The van der Waals surface area contributed by atoms with E-state index >= 15 is 0 Å². The van der Waals surface area contributed by atoms with Crippen LogP contribution in [0.5, 0.6) is 0 Å². The van der Waals surface area contributed by atoms with Gasteiger partial charge in [0.15, 0.2) is 0 Å². The van der Waals surface area contributed by atoms with Crippen LogP contribution in [0.1, 0.15) is 29.3 Å². The first-order valence-corrected chi connectivity index (χ1v) is 7.28. The summed E-state index contributed by atoms with van der Waals surface area (Å²) < 4.78 is 0. The SMILES string of the molecule is BrCc1sc(-c2cccnc2)nc1C1CC1. The smallest absolute Gasteiger partial charge is 0.125 e. The predicted octanol–water partition coefficient (Wildman–Crippen LogP) is 3.98. The summed E-state index contributed by atoms with van der Waals surface area (Å²) in [6.45, 7) is 0. The fraction of sp³-hybridized carbons (Fsp3) is 0.333. The second-order valence-corrected chi connectivity index (χ2v) is 5.62. The van der Waals surface area contributed by atoms with Gasteiger partial charge in [-0.2, -0.15) is 0 Å². The third-order valence-corrected chi connectivity index (χ3v) is 4.77. The normalized spacial score (nSPS) is 15.3. The second-order valence-electron chi connectivity index (χ2n) is 3.98. The third-order valence-electron chi connectivity index (χ3n) is 2.72. The van der Waals surface area contributed by atoms with Gasteiger partial charge in [0.05, 0.1) is 5.69 Å². The number of hydrogen-bond acceptors (Lipinski definition) is 3. The number of pyridine rings is 1. The number of thiazole rings is 1. The van der Waals surface area contributed by atoms with Crippen LogP contribution >= 0.6 is 27.3 Å². The molecule has 0 N–H and O–H groups in total. The van der Waals surface area contributed by atoms with E-state index in [1.165, 1.54) is 23.4 Å². The van der Waals surface area contributed by atoms with Crippen molar-refractivity contribution in [1.29, 1.82) is 0 Å². The van der Waals surface area contributed by atoms with E-state index in [1.807, 2.05) is 12.3 Å². The molecular weight excluding hydrogens is 284 g/mol. The number of hydrogen-bond donors (Lipinski definition) is 0. The highest BCUT2D eigenvalue weighted by atomic mass is 79.9. The Balaban J connectivity index is 2.02. The monoisotopic (exact) mass is 294 g/mol. The van der Waals surface area contributed by atoms with Crippen molar-refractivity contribution >= 4 is 27.3 Å². The van der Waals surface area contributed by atoms with E-state index in [0.29, 0.717) is 5.92 Å². The molecule has 0 atom stereocenters. The first-order valence-electron chi connectivity index (χ1n) is 5.34. The Morgan fingerprint density at radius 3 is 2.94 bits per heavy atom. The number of nitrogens with zero attached hydrogens (tertiary/aromatic N) is 2. The van der Waals surface area contributed by atoms with E-state index in [1.54, 1.807) is 17.5 Å². The Morgan fingerprint density at radius 1 is 1.44 bits per heavy atom. The minimum atomic E-state index is 0.717. The maximum atomic E-state index is 4.76. The largest absolute Gasteiger partial charge is 0.264 e. The molecule has 1 aliphatic rings. The van der Waals surface area contributed by atoms with E-state index in [4.69, 9.17) is 4.98 Å². The van der Waals surface area contributed by atoms with Crippen LogP contribution in [0.25, 0.3) is 10.6 Å². The van der Waals surface area contributed by atoms with Gasteiger partial charge in [0, 0.05) is 34.1 Å². The standard InChI is InChI=1S/C12H11BrN2S/c13-6-10-11(8-3-4-8)15-12(16-10)9-2-1-5-14-7-9/h1-2,5,7-8H,3-4,6H2. The third kappa shape index (κ3) is 1.92. The zero-order valence-corrected chi connectivity index (χ0v) is 11.1. The van der Waals surface area contributed by atoms with Crippen molar-refractivity contribution in [3.05, 3.63) is 35.1 Å². The number of alkyl halides is 1. The lowest BCUT2D eigenvalue weighted by atomic mass is 10.2. The Hall–Kier alpha value is -0.740. The lowest BCUT2D eigenvalue weighted by Gasteiger charge is -1.93. The zero-order valence-electron chi connectivity index (χ0n) is 8.69. The molecule has 2 heterocycles. The van der Waals surface area contributed by atoms with Crippen LogP contribution in [-0.4, -0.2) is 9.97 Å². The zero-order chi connectivity index (χ0) is 11.0. The molecule has 0 aromatic carbocycles. The van der Waals surface area contributed by atoms with Gasteiger partial charge in [-0.05, 0) is 25.0 Å². The van der Waals surface area contributed by atoms with Gasteiger partial charge in [-0.25, -0.2) is 4.98 Å². The number of halogens is 1. The topological polar surface area (TPSA) is 25.8 Å². The molecule has 1 saturated carbocycles. The summed E-state index contributed by atoms with van der Waals surface area (Å²) in [6, 6.07) is 4.03. The van der Waals surface area contributed by atoms with Crippen LogP contribution in [0.3, 0.4) is 0 Å². The van der Waals surface area contributed by atoms with Crippen LogP contribution in [0.2, 0.25) is 0 Å². The van der Waals surface area contributed by atoms with E-state index in [9.17, 15) is 0 Å². The highest BCUT2D eigenvalue weighted by Crippen LogP contribution is 2.44. The molecule has 0 amide bonds. The molecule has 2 nitrogen and oxygen atoms in total. The van der Waals surface area contributed by atoms with Crippen LogP contribution in [0.15, 0.2) is 24.5 Å². The average molecular weight is 295 g/mol. The van der Waals surface area contributed by atoms with Gasteiger partial charge in [0.2, 0.25) is 0 Å². The minimum absolute atomic E-state index is 0.717. The summed E-state index contributed by atoms with van der Waals surface area (Å²) in [6.07, 6.45) is 6.28. The van der Waals surface area contributed by atoms with E-state index in [2.05, 4.69) is 27.0 Å². The molecule has 1 aliphatic carbocycles. The molecule has 4 heteroatoms. The highest BCUT2D eigenvalue weighted by Gasteiger charge is 2.29. The number of rotatable bonds is 3. The maximum absolute atomic E-state index is 4.76. The van der Waals surface area contributed by atoms with Gasteiger partial charge in [0.1, 0.15) is 5.01 Å². The van der Waals surface area contributed by atoms with Gasteiger partial charge >= 0.3 is 0 Å². The lowest BCUT2D eigenvalue weighted by molar-refractivity contribution is 1.03. The maximum Gasteiger partial charge on any atom is 0.125 e. The van der Waals surface area contributed by atoms with Crippen molar-refractivity contribution < 1.29 is 0 Å². The van der Waals surface area contributed by atoms with Crippen LogP contribution < -0.4 is 0 Å². The van der Waals surface area contributed by atoms with Gasteiger partial charge < -0.3 is 0 Å². The van der Waals surface area contributed by atoms with Crippen molar-refractivity contribution in [3.8, 4) is 10.6 Å². The summed E-state index contributed by atoms with van der Waals surface area (Å²) in [5, 5.41) is 2.01. The molecule has 0 unspecified atom stereocenters. The van der Waals surface area contributed by atoms with E-state index in [0.717, 1.165) is 15.9 Å². The average Bonchev–Trinajstić information content (AvgIpc) is 3.10. The Morgan fingerprint density at radius 2 is 2.31 bits per heavy atom. The number of aromatic nitrogens is 2. The van der Waals surface area contributed by atoms with Crippen LogP contribution in [-0.2, 0) is 5.33 Å². The first-order chi connectivity index (χ1) is 7.88. The van der Waals surface area contributed by atoms with Crippen molar-refractivity contribution in [2.45, 2.75) is 24.1 Å². The summed E-state index contributed by atoms with van der Waals surface area (Å²) >= 11 is 5.33. The summed E-state index contributed by atoms with van der Waals surface area (Å²) in [5.41, 5.74) is 2.43. The lowest BCUT2D eigenvalue weighted by Crippen LogP contribution is -1.84. The molecule has 16 heavy (non-hydrogen) atoms.